The van der Waals surface area contributed by atoms with Gasteiger partial charge in [-0.3, -0.25) is 4.79 Å². The molecule has 1 aliphatic heterocycles. The van der Waals surface area contributed by atoms with Crippen LogP contribution < -0.4 is 0 Å². The Bertz CT molecular complexity index is 733. The Morgan fingerprint density at radius 3 is 2.74 bits per heavy atom. The highest BCUT2D eigenvalue weighted by Gasteiger charge is 2.30. The smallest absolute Gasteiger partial charge is 0.227 e. The molecule has 1 N–H and O–H groups in total. The van der Waals surface area contributed by atoms with Crippen molar-refractivity contribution in [2.75, 3.05) is 13.2 Å². The second kappa shape index (κ2) is 6.46. The number of aliphatic hydroxyl groups excluding tert-OH is 1. The SMILES string of the molecule is O=C(Cc1cccc(F)c1F)N1CCc2ccccc2C1CO. The summed E-state index contributed by atoms with van der Waals surface area (Å²) in [5.41, 5.74) is 2.05. The van der Waals surface area contributed by atoms with Crippen LogP contribution in [0.2, 0.25) is 0 Å². The Hall–Kier alpha value is -2.27. The fourth-order valence-corrected chi connectivity index (χ4v) is 3.10. The summed E-state index contributed by atoms with van der Waals surface area (Å²) in [6, 6.07) is 11.0. The molecule has 0 bridgehead atoms. The lowest BCUT2D eigenvalue weighted by atomic mass is 9.92. The first-order valence-electron chi connectivity index (χ1n) is 7.53. The Labute approximate surface area is 133 Å². The van der Waals surface area contributed by atoms with E-state index < -0.39 is 17.7 Å². The van der Waals surface area contributed by atoms with Crippen LogP contribution in [0.1, 0.15) is 22.7 Å². The molecule has 1 atom stereocenters. The van der Waals surface area contributed by atoms with Gasteiger partial charge in [-0.1, -0.05) is 36.4 Å². The van der Waals surface area contributed by atoms with Crippen molar-refractivity contribution in [3.05, 3.63) is 70.8 Å². The van der Waals surface area contributed by atoms with E-state index in [9.17, 15) is 18.7 Å². The molecule has 2 aromatic rings. The van der Waals surface area contributed by atoms with Crippen LogP contribution >= 0.6 is 0 Å². The summed E-state index contributed by atoms with van der Waals surface area (Å²) in [6.07, 6.45) is 0.465. The van der Waals surface area contributed by atoms with E-state index >= 15 is 0 Å². The second-order valence-corrected chi connectivity index (χ2v) is 5.62. The number of benzene rings is 2. The number of aliphatic hydroxyl groups is 1. The van der Waals surface area contributed by atoms with Gasteiger partial charge >= 0.3 is 0 Å². The normalized spacial score (nSPS) is 17.0. The van der Waals surface area contributed by atoms with Crippen molar-refractivity contribution in [3.8, 4) is 0 Å². The van der Waals surface area contributed by atoms with Gasteiger partial charge in [-0.15, -0.1) is 0 Å². The van der Waals surface area contributed by atoms with Gasteiger partial charge in [0.1, 0.15) is 0 Å². The molecule has 3 rings (SSSR count). The molecule has 2 aromatic carbocycles. The first-order chi connectivity index (χ1) is 11.1. The Morgan fingerprint density at radius 1 is 1.17 bits per heavy atom. The molecule has 120 valence electrons. The number of carbonyl (C=O) groups is 1. The van der Waals surface area contributed by atoms with Crippen LogP contribution in [0.3, 0.4) is 0 Å². The summed E-state index contributed by atoms with van der Waals surface area (Å²) in [4.78, 5) is 14.1. The molecule has 0 saturated carbocycles. The number of hydrogen-bond donors (Lipinski definition) is 1. The Kier molecular flexibility index (Phi) is 4.39. The largest absolute Gasteiger partial charge is 0.394 e. The van der Waals surface area contributed by atoms with Crippen LogP contribution in [0.5, 0.6) is 0 Å². The minimum atomic E-state index is -0.987. The first-order valence-corrected chi connectivity index (χ1v) is 7.53. The van der Waals surface area contributed by atoms with E-state index in [1.165, 1.54) is 12.1 Å². The molecule has 1 aliphatic rings. The molecule has 1 heterocycles. The molecule has 0 fully saturated rings. The molecule has 23 heavy (non-hydrogen) atoms. The summed E-state index contributed by atoms with van der Waals surface area (Å²) in [5.74, 6) is -2.26. The van der Waals surface area contributed by atoms with Gasteiger partial charge < -0.3 is 10.0 Å². The van der Waals surface area contributed by atoms with Gasteiger partial charge in [0.15, 0.2) is 11.6 Å². The summed E-state index contributed by atoms with van der Waals surface area (Å²) < 4.78 is 27.0. The van der Waals surface area contributed by atoms with Crippen molar-refractivity contribution >= 4 is 5.91 Å². The third-order valence-corrected chi connectivity index (χ3v) is 4.28. The molecule has 5 heteroatoms. The van der Waals surface area contributed by atoms with Crippen molar-refractivity contribution < 1.29 is 18.7 Å². The molecule has 0 saturated heterocycles. The lowest BCUT2D eigenvalue weighted by Crippen LogP contribution is -2.42. The number of amides is 1. The number of hydrogen-bond acceptors (Lipinski definition) is 2. The van der Waals surface area contributed by atoms with Crippen LogP contribution in [0.15, 0.2) is 42.5 Å². The maximum Gasteiger partial charge on any atom is 0.227 e. The van der Waals surface area contributed by atoms with Crippen molar-refractivity contribution in [2.24, 2.45) is 0 Å². The highest BCUT2D eigenvalue weighted by atomic mass is 19.2. The van der Waals surface area contributed by atoms with E-state index in [2.05, 4.69) is 0 Å². The lowest BCUT2D eigenvalue weighted by molar-refractivity contribution is -0.134. The van der Waals surface area contributed by atoms with Crippen molar-refractivity contribution in [1.29, 1.82) is 0 Å². The molecule has 0 radical (unpaired) electrons. The van der Waals surface area contributed by atoms with E-state index in [-0.39, 0.29) is 24.5 Å². The second-order valence-electron chi connectivity index (χ2n) is 5.62. The Morgan fingerprint density at radius 2 is 1.96 bits per heavy atom. The van der Waals surface area contributed by atoms with E-state index in [0.29, 0.717) is 13.0 Å². The van der Waals surface area contributed by atoms with Crippen LogP contribution in [-0.2, 0) is 17.6 Å². The first kappa shape index (κ1) is 15.6. The van der Waals surface area contributed by atoms with Crippen LogP contribution in [0.4, 0.5) is 8.78 Å². The zero-order chi connectivity index (χ0) is 16.4. The van der Waals surface area contributed by atoms with Gasteiger partial charge in [-0.05, 0) is 23.6 Å². The molecule has 0 aromatic heterocycles. The highest BCUT2D eigenvalue weighted by molar-refractivity contribution is 5.79. The van der Waals surface area contributed by atoms with Crippen LogP contribution in [0, 0.1) is 11.6 Å². The van der Waals surface area contributed by atoms with E-state index in [1.807, 2.05) is 24.3 Å². The molecule has 3 nitrogen and oxygen atoms in total. The number of halogens is 2. The zero-order valence-electron chi connectivity index (χ0n) is 12.5. The molecular weight excluding hydrogens is 300 g/mol. The number of rotatable bonds is 3. The van der Waals surface area contributed by atoms with Crippen molar-refractivity contribution in [3.63, 3.8) is 0 Å². The lowest BCUT2D eigenvalue weighted by Gasteiger charge is -2.36. The van der Waals surface area contributed by atoms with Crippen molar-refractivity contribution in [1.82, 2.24) is 4.90 Å². The van der Waals surface area contributed by atoms with Gasteiger partial charge in [0.2, 0.25) is 5.91 Å². The van der Waals surface area contributed by atoms with Gasteiger partial charge in [0, 0.05) is 12.1 Å². The third-order valence-electron chi connectivity index (χ3n) is 4.28. The maximum atomic E-state index is 13.8. The summed E-state index contributed by atoms with van der Waals surface area (Å²) in [5, 5.41) is 9.69. The fraction of sp³-hybridized carbons (Fsp3) is 0.278. The molecule has 0 spiro atoms. The van der Waals surface area contributed by atoms with Gasteiger partial charge in [-0.2, -0.15) is 0 Å². The molecule has 0 aliphatic carbocycles. The minimum absolute atomic E-state index is 0.0329. The maximum absolute atomic E-state index is 13.8. The van der Waals surface area contributed by atoms with E-state index in [1.54, 1.807) is 4.90 Å². The average Bonchev–Trinajstić information content (AvgIpc) is 2.57. The predicted octanol–water partition coefficient (Wildman–Crippen LogP) is 2.63. The predicted molar refractivity (Wildman–Crippen MR) is 81.7 cm³/mol. The summed E-state index contributed by atoms with van der Waals surface area (Å²) in [6.45, 7) is 0.256. The monoisotopic (exact) mass is 317 g/mol. The number of fused-ring (bicyclic) bond motifs is 1. The quantitative estimate of drug-likeness (QED) is 0.945. The van der Waals surface area contributed by atoms with E-state index in [0.717, 1.165) is 17.2 Å². The fourth-order valence-electron chi connectivity index (χ4n) is 3.10. The molecular formula is C18H17F2NO2. The molecule has 1 unspecified atom stereocenters. The van der Waals surface area contributed by atoms with Gasteiger partial charge in [0.05, 0.1) is 19.1 Å². The number of nitrogens with zero attached hydrogens (tertiary/aromatic N) is 1. The minimum Gasteiger partial charge on any atom is -0.394 e. The average molecular weight is 317 g/mol. The standard InChI is InChI=1S/C18H17F2NO2/c19-15-7-3-5-13(18(15)20)10-17(23)21-9-8-12-4-1-2-6-14(12)16(21)11-22/h1-7,16,22H,8-11H2. The number of carbonyl (C=O) groups excluding carboxylic acids is 1. The van der Waals surface area contributed by atoms with Crippen molar-refractivity contribution in [2.45, 2.75) is 18.9 Å². The van der Waals surface area contributed by atoms with Crippen LogP contribution in [0.25, 0.3) is 0 Å². The summed E-state index contributed by atoms with van der Waals surface area (Å²) >= 11 is 0. The zero-order valence-corrected chi connectivity index (χ0v) is 12.5. The van der Waals surface area contributed by atoms with Gasteiger partial charge in [0.25, 0.3) is 0 Å². The molecule has 1 amide bonds. The Balaban J connectivity index is 1.84. The van der Waals surface area contributed by atoms with Crippen LogP contribution in [-0.4, -0.2) is 29.1 Å². The van der Waals surface area contributed by atoms with E-state index in [4.69, 9.17) is 0 Å². The van der Waals surface area contributed by atoms with Gasteiger partial charge in [-0.25, -0.2) is 8.78 Å². The summed E-state index contributed by atoms with van der Waals surface area (Å²) in [7, 11) is 0. The third kappa shape index (κ3) is 2.97. The topological polar surface area (TPSA) is 40.5 Å². The highest BCUT2D eigenvalue weighted by Crippen LogP contribution is 2.30.